The Morgan fingerprint density at radius 1 is 1.25 bits per heavy atom. The molecule has 0 N–H and O–H groups in total. The minimum Gasteiger partial charge on any atom is -0.388 e. The SMILES string of the molecule is [CH2+]C(C)(C)[Si]1(C(C)(C)C)OC[C@H]2O[C@@H](C)CC(=O)[C@@H]2O1. The molecule has 2 rings (SSSR count). The van der Waals surface area contributed by atoms with Crippen molar-refractivity contribution >= 4 is 14.3 Å². The van der Waals surface area contributed by atoms with Crippen molar-refractivity contribution in [1.82, 2.24) is 0 Å². The number of carbonyl (C=O) groups is 1. The Balaban J connectivity index is 2.33. The molecule has 2 aliphatic heterocycles. The number of rotatable bonds is 1. The Hall–Kier alpha value is -0.363. The lowest BCUT2D eigenvalue weighted by Crippen LogP contribution is -2.68. The van der Waals surface area contributed by atoms with Gasteiger partial charge in [-0.15, -0.1) is 0 Å². The van der Waals surface area contributed by atoms with Crippen molar-refractivity contribution < 1.29 is 18.4 Å². The summed E-state index contributed by atoms with van der Waals surface area (Å²) < 4.78 is 18.4. The fraction of sp³-hybridized carbons (Fsp3) is 0.867. The Kier molecular flexibility index (Phi) is 3.87. The number of fused-ring (bicyclic) bond motifs is 1. The molecule has 5 heteroatoms. The highest BCUT2D eigenvalue weighted by Crippen LogP contribution is 2.54. The summed E-state index contributed by atoms with van der Waals surface area (Å²) in [7, 11) is -2.67. The van der Waals surface area contributed by atoms with Gasteiger partial charge in [-0.05, 0) is 20.8 Å². The molecule has 0 aliphatic carbocycles. The third kappa shape index (κ3) is 2.45. The van der Waals surface area contributed by atoms with Crippen LogP contribution in [0.2, 0.25) is 10.1 Å². The zero-order valence-electron chi connectivity index (χ0n) is 13.5. The van der Waals surface area contributed by atoms with Gasteiger partial charge in [0.15, 0.2) is 5.78 Å². The summed E-state index contributed by atoms with van der Waals surface area (Å²) in [5.41, 5.74) is 0. The van der Waals surface area contributed by atoms with E-state index in [2.05, 4.69) is 27.7 Å². The molecule has 2 saturated heterocycles. The average Bonchev–Trinajstić information content (AvgIpc) is 2.25. The first-order chi connectivity index (χ1) is 8.98. The van der Waals surface area contributed by atoms with E-state index < -0.39 is 14.7 Å². The molecule has 2 fully saturated rings. The second kappa shape index (κ2) is 4.83. The van der Waals surface area contributed by atoms with Crippen LogP contribution in [0.25, 0.3) is 0 Å². The van der Waals surface area contributed by atoms with E-state index in [0.29, 0.717) is 13.0 Å². The van der Waals surface area contributed by atoms with Crippen LogP contribution in [-0.4, -0.2) is 39.3 Å². The van der Waals surface area contributed by atoms with Crippen LogP contribution in [0.4, 0.5) is 0 Å². The first kappa shape index (κ1) is 16.0. The lowest BCUT2D eigenvalue weighted by atomic mass is 10.0. The second-order valence-corrected chi connectivity index (χ2v) is 12.4. The van der Waals surface area contributed by atoms with Crippen molar-refractivity contribution in [2.24, 2.45) is 0 Å². The normalized spacial score (nSPS) is 39.5. The highest BCUT2D eigenvalue weighted by molar-refractivity contribution is 6.74. The molecule has 1 unspecified atom stereocenters. The van der Waals surface area contributed by atoms with Crippen molar-refractivity contribution in [2.75, 3.05) is 6.61 Å². The Labute approximate surface area is 123 Å². The van der Waals surface area contributed by atoms with Gasteiger partial charge in [0.2, 0.25) is 0 Å². The van der Waals surface area contributed by atoms with E-state index in [1.54, 1.807) is 0 Å². The van der Waals surface area contributed by atoms with Gasteiger partial charge in [-0.2, -0.15) is 0 Å². The van der Waals surface area contributed by atoms with Crippen LogP contribution in [0.15, 0.2) is 0 Å². The van der Waals surface area contributed by atoms with E-state index >= 15 is 0 Å². The Morgan fingerprint density at radius 2 is 1.85 bits per heavy atom. The quantitative estimate of drug-likeness (QED) is 0.551. The summed E-state index contributed by atoms with van der Waals surface area (Å²) in [6.45, 7) is 17.1. The molecule has 4 nitrogen and oxygen atoms in total. The molecule has 0 aromatic heterocycles. The van der Waals surface area contributed by atoms with Gasteiger partial charge in [0.1, 0.15) is 17.2 Å². The summed E-state index contributed by atoms with van der Waals surface area (Å²) in [5, 5.41) is -0.508. The monoisotopic (exact) mass is 299 g/mol. The van der Waals surface area contributed by atoms with Gasteiger partial charge in [0.25, 0.3) is 0 Å². The van der Waals surface area contributed by atoms with Crippen LogP contribution in [0.1, 0.15) is 48.0 Å². The fourth-order valence-electron chi connectivity index (χ4n) is 3.47. The van der Waals surface area contributed by atoms with Crippen molar-refractivity contribution in [2.45, 2.75) is 76.4 Å². The molecule has 0 spiro atoms. The third-order valence-corrected chi connectivity index (χ3v) is 9.09. The molecule has 0 saturated carbocycles. The first-order valence-electron chi connectivity index (χ1n) is 7.33. The maximum atomic E-state index is 12.3. The van der Waals surface area contributed by atoms with Gasteiger partial charge >= 0.3 is 8.56 Å². The first-order valence-corrected chi connectivity index (χ1v) is 9.15. The van der Waals surface area contributed by atoms with Crippen LogP contribution in [0.5, 0.6) is 0 Å². The van der Waals surface area contributed by atoms with Gasteiger partial charge in [-0.1, -0.05) is 20.8 Å². The zero-order chi connectivity index (χ0) is 15.3. The highest BCUT2D eigenvalue weighted by atomic mass is 28.4. The average molecular weight is 299 g/mol. The number of hydrogen-bond acceptors (Lipinski definition) is 4. The minimum atomic E-state index is -2.67. The third-order valence-electron chi connectivity index (χ3n) is 4.17. The summed E-state index contributed by atoms with van der Waals surface area (Å²) in [4.78, 5) is 12.3. The van der Waals surface area contributed by atoms with Crippen molar-refractivity contribution in [3.05, 3.63) is 6.92 Å². The van der Waals surface area contributed by atoms with Gasteiger partial charge in [0, 0.05) is 11.5 Å². The van der Waals surface area contributed by atoms with E-state index in [0.717, 1.165) is 0 Å². The Morgan fingerprint density at radius 3 is 2.35 bits per heavy atom. The molecule has 0 radical (unpaired) electrons. The van der Waals surface area contributed by atoms with Gasteiger partial charge in [-0.3, -0.25) is 4.79 Å². The maximum Gasteiger partial charge on any atom is 0.396 e. The molecule has 0 amide bonds. The highest BCUT2D eigenvalue weighted by Gasteiger charge is 2.67. The second-order valence-electron chi connectivity index (χ2n) is 7.76. The predicted molar refractivity (Wildman–Crippen MR) is 79.7 cm³/mol. The smallest absolute Gasteiger partial charge is 0.388 e. The van der Waals surface area contributed by atoms with E-state index in [4.69, 9.17) is 13.6 Å². The van der Waals surface area contributed by atoms with E-state index in [1.165, 1.54) is 0 Å². The number of hydrogen-bond donors (Lipinski definition) is 0. The molecule has 114 valence electrons. The van der Waals surface area contributed by atoms with E-state index in [9.17, 15) is 4.79 Å². The molecule has 2 heterocycles. The number of Topliss-reactive ketones (excluding diaryl/α,β-unsaturated/α-hetero) is 1. The number of carbonyl (C=O) groups excluding carboxylic acids is 1. The standard InChI is InChI=1S/C15H27O4Si/c1-10-8-11(16)13-12(18-10)9-17-20(19-13,14(2,3)4)15(5,6)7/h10,12-13H,2,8-9H2,1,3-7H3/q+1/t10-,12+,13-,20?/m0/s1. The summed E-state index contributed by atoms with van der Waals surface area (Å²) >= 11 is 0. The van der Waals surface area contributed by atoms with Gasteiger partial charge in [0.05, 0.1) is 19.6 Å². The van der Waals surface area contributed by atoms with Gasteiger partial charge < -0.3 is 13.6 Å². The molecule has 0 bridgehead atoms. The van der Waals surface area contributed by atoms with Gasteiger partial charge in [-0.25, -0.2) is 0 Å². The Bertz CT molecular complexity index is 380. The summed E-state index contributed by atoms with van der Waals surface area (Å²) in [6, 6.07) is 0. The molecular formula is C15H27O4Si+. The molecule has 2 aliphatic rings. The fourth-order valence-corrected chi connectivity index (χ4v) is 8.10. The molecular weight excluding hydrogens is 272 g/mol. The topological polar surface area (TPSA) is 44.8 Å². The largest absolute Gasteiger partial charge is 0.396 e. The van der Waals surface area contributed by atoms with Crippen molar-refractivity contribution in [3.8, 4) is 0 Å². The number of ether oxygens (including phenoxy) is 1. The summed E-state index contributed by atoms with van der Waals surface area (Å²) in [6.07, 6.45) is -0.371. The minimum absolute atomic E-state index is 0.0486. The van der Waals surface area contributed by atoms with Crippen LogP contribution in [-0.2, 0) is 18.4 Å². The zero-order valence-corrected chi connectivity index (χ0v) is 14.5. The maximum absolute atomic E-state index is 12.3. The van der Waals surface area contributed by atoms with Crippen LogP contribution in [0, 0.1) is 6.92 Å². The lowest BCUT2D eigenvalue weighted by Gasteiger charge is -2.52. The van der Waals surface area contributed by atoms with Crippen molar-refractivity contribution in [1.29, 1.82) is 0 Å². The van der Waals surface area contributed by atoms with E-state index in [-0.39, 0.29) is 28.1 Å². The molecule has 0 aromatic carbocycles. The molecule has 4 atom stereocenters. The van der Waals surface area contributed by atoms with Crippen LogP contribution < -0.4 is 0 Å². The van der Waals surface area contributed by atoms with E-state index in [1.807, 2.05) is 20.8 Å². The van der Waals surface area contributed by atoms with Crippen LogP contribution >= 0.6 is 0 Å². The molecule has 0 aromatic rings. The summed E-state index contributed by atoms with van der Waals surface area (Å²) in [5.74, 6) is 0.141. The number of ketones is 1. The molecule has 20 heavy (non-hydrogen) atoms. The lowest BCUT2D eigenvalue weighted by molar-refractivity contribution is -0.173. The predicted octanol–water partition coefficient (Wildman–Crippen LogP) is 3.00. The van der Waals surface area contributed by atoms with Crippen LogP contribution in [0.3, 0.4) is 0 Å². The van der Waals surface area contributed by atoms with Crippen molar-refractivity contribution in [3.63, 3.8) is 0 Å².